The molecule has 0 bridgehead atoms. The quantitative estimate of drug-likeness (QED) is 0.858. The third kappa shape index (κ3) is 3.46. The summed E-state index contributed by atoms with van der Waals surface area (Å²) in [4.78, 5) is 29.6. The lowest BCUT2D eigenvalue weighted by atomic mass is 10.1. The summed E-state index contributed by atoms with van der Waals surface area (Å²) in [5, 5.41) is 2.00. The van der Waals surface area contributed by atoms with Gasteiger partial charge >= 0.3 is 0 Å². The molecule has 2 amide bonds. The Labute approximate surface area is 129 Å². The lowest BCUT2D eigenvalue weighted by Crippen LogP contribution is -2.52. The minimum atomic E-state index is 0.186. The predicted molar refractivity (Wildman–Crippen MR) is 83.1 cm³/mol. The van der Waals surface area contributed by atoms with E-state index in [4.69, 9.17) is 0 Å². The fourth-order valence-corrected chi connectivity index (χ4v) is 3.98. The van der Waals surface area contributed by atoms with Gasteiger partial charge in [-0.15, -0.1) is 11.3 Å². The van der Waals surface area contributed by atoms with Gasteiger partial charge in [0.05, 0.1) is 6.42 Å². The highest BCUT2D eigenvalue weighted by atomic mass is 32.1. The first kappa shape index (κ1) is 14.6. The number of piperazine rings is 1. The van der Waals surface area contributed by atoms with Crippen LogP contribution in [0.25, 0.3) is 0 Å². The van der Waals surface area contributed by atoms with Crippen molar-refractivity contribution in [2.24, 2.45) is 5.92 Å². The van der Waals surface area contributed by atoms with Gasteiger partial charge in [-0.3, -0.25) is 9.59 Å². The molecule has 114 valence electrons. The smallest absolute Gasteiger partial charge is 0.227 e. The minimum Gasteiger partial charge on any atom is -0.339 e. The summed E-state index contributed by atoms with van der Waals surface area (Å²) >= 11 is 1.63. The molecule has 1 saturated carbocycles. The molecular weight excluding hydrogens is 284 g/mol. The van der Waals surface area contributed by atoms with E-state index in [-0.39, 0.29) is 11.8 Å². The number of carbonyl (C=O) groups is 2. The minimum absolute atomic E-state index is 0.186. The van der Waals surface area contributed by atoms with E-state index in [9.17, 15) is 9.59 Å². The van der Waals surface area contributed by atoms with Crippen LogP contribution in [0.4, 0.5) is 0 Å². The molecule has 0 atom stereocenters. The van der Waals surface area contributed by atoms with Crippen molar-refractivity contribution in [1.29, 1.82) is 0 Å². The zero-order chi connectivity index (χ0) is 14.7. The molecule has 1 aromatic rings. The highest BCUT2D eigenvalue weighted by Gasteiger charge is 2.30. The predicted octanol–water partition coefficient (Wildman–Crippen LogP) is 2.15. The number of amides is 2. The number of hydrogen-bond donors (Lipinski definition) is 0. The molecule has 1 aliphatic carbocycles. The Kier molecular flexibility index (Phi) is 4.58. The first-order valence-electron chi connectivity index (χ1n) is 7.83. The van der Waals surface area contributed by atoms with Crippen molar-refractivity contribution in [3.63, 3.8) is 0 Å². The maximum atomic E-state index is 12.4. The van der Waals surface area contributed by atoms with Gasteiger partial charge in [0.2, 0.25) is 11.8 Å². The lowest BCUT2D eigenvalue weighted by molar-refractivity contribution is -0.141. The Morgan fingerprint density at radius 3 is 2.38 bits per heavy atom. The summed E-state index contributed by atoms with van der Waals surface area (Å²) in [7, 11) is 0. The van der Waals surface area contributed by atoms with Gasteiger partial charge in [0, 0.05) is 37.0 Å². The Hall–Kier alpha value is -1.36. The van der Waals surface area contributed by atoms with E-state index in [1.807, 2.05) is 27.3 Å². The van der Waals surface area contributed by atoms with E-state index in [1.165, 1.54) is 12.8 Å². The molecule has 0 radical (unpaired) electrons. The molecule has 0 N–H and O–H groups in total. The van der Waals surface area contributed by atoms with Crippen molar-refractivity contribution in [3.8, 4) is 0 Å². The molecule has 0 spiro atoms. The van der Waals surface area contributed by atoms with Crippen LogP contribution in [-0.2, 0) is 16.0 Å². The van der Waals surface area contributed by atoms with Crippen molar-refractivity contribution >= 4 is 23.2 Å². The fraction of sp³-hybridized carbons (Fsp3) is 0.625. The van der Waals surface area contributed by atoms with Crippen LogP contribution in [0, 0.1) is 5.92 Å². The van der Waals surface area contributed by atoms with Gasteiger partial charge in [-0.1, -0.05) is 18.9 Å². The van der Waals surface area contributed by atoms with Gasteiger partial charge in [-0.25, -0.2) is 0 Å². The van der Waals surface area contributed by atoms with Gasteiger partial charge in [-0.2, -0.15) is 0 Å². The molecule has 2 aliphatic rings. The van der Waals surface area contributed by atoms with Crippen molar-refractivity contribution in [2.45, 2.75) is 32.1 Å². The van der Waals surface area contributed by atoms with Crippen LogP contribution in [0.3, 0.4) is 0 Å². The molecule has 1 saturated heterocycles. The molecule has 2 fully saturated rings. The lowest BCUT2D eigenvalue weighted by Gasteiger charge is -2.36. The summed E-state index contributed by atoms with van der Waals surface area (Å²) < 4.78 is 0. The van der Waals surface area contributed by atoms with E-state index in [0.717, 1.165) is 17.7 Å². The number of nitrogens with zero attached hydrogens (tertiary/aromatic N) is 2. The standard InChI is InChI=1S/C16H22N2O2S/c19-15(12-14-6-3-11-21-14)17-7-9-18(10-8-17)16(20)13-4-1-2-5-13/h3,6,11,13H,1-2,4-5,7-10,12H2. The van der Waals surface area contributed by atoms with Gasteiger partial charge in [-0.05, 0) is 24.3 Å². The van der Waals surface area contributed by atoms with Crippen LogP contribution < -0.4 is 0 Å². The molecular formula is C16H22N2O2S. The fourth-order valence-electron chi connectivity index (χ4n) is 3.28. The Morgan fingerprint density at radius 2 is 1.76 bits per heavy atom. The Morgan fingerprint density at radius 1 is 1.10 bits per heavy atom. The zero-order valence-electron chi connectivity index (χ0n) is 12.3. The molecule has 21 heavy (non-hydrogen) atoms. The summed E-state index contributed by atoms with van der Waals surface area (Å²) in [5.74, 6) is 0.752. The normalized spacial score (nSPS) is 20.0. The van der Waals surface area contributed by atoms with Crippen molar-refractivity contribution in [3.05, 3.63) is 22.4 Å². The van der Waals surface area contributed by atoms with Gasteiger partial charge < -0.3 is 9.80 Å². The van der Waals surface area contributed by atoms with Crippen LogP contribution >= 0.6 is 11.3 Å². The van der Waals surface area contributed by atoms with E-state index < -0.39 is 0 Å². The summed E-state index contributed by atoms with van der Waals surface area (Å²) in [6.45, 7) is 2.77. The summed E-state index contributed by atoms with van der Waals surface area (Å²) in [6, 6.07) is 3.98. The molecule has 5 heteroatoms. The molecule has 4 nitrogen and oxygen atoms in total. The SMILES string of the molecule is O=C(Cc1cccs1)N1CCN(C(=O)C2CCCC2)CC1. The van der Waals surface area contributed by atoms with Crippen LogP contribution in [0.1, 0.15) is 30.6 Å². The average Bonchev–Trinajstić information content (AvgIpc) is 3.20. The van der Waals surface area contributed by atoms with E-state index in [2.05, 4.69) is 0 Å². The molecule has 0 aromatic carbocycles. The van der Waals surface area contributed by atoms with Crippen molar-refractivity contribution in [2.75, 3.05) is 26.2 Å². The van der Waals surface area contributed by atoms with E-state index in [0.29, 0.717) is 38.5 Å². The topological polar surface area (TPSA) is 40.6 Å². The second-order valence-electron chi connectivity index (χ2n) is 5.94. The first-order valence-corrected chi connectivity index (χ1v) is 8.71. The summed E-state index contributed by atoms with van der Waals surface area (Å²) in [5.41, 5.74) is 0. The van der Waals surface area contributed by atoms with Gasteiger partial charge in [0.15, 0.2) is 0 Å². The van der Waals surface area contributed by atoms with Crippen molar-refractivity contribution < 1.29 is 9.59 Å². The zero-order valence-corrected chi connectivity index (χ0v) is 13.1. The Bertz CT molecular complexity index is 486. The van der Waals surface area contributed by atoms with E-state index in [1.54, 1.807) is 11.3 Å². The molecule has 0 unspecified atom stereocenters. The van der Waals surface area contributed by atoms with Gasteiger partial charge in [0.1, 0.15) is 0 Å². The highest BCUT2D eigenvalue weighted by molar-refractivity contribution is 7.10. The monoisotopic (exact) mass is 306 g/mol. The number of rotatable bonds is 3. The summed E-state index contributed by atoms with van der Waals surface area (Å²) in [6.07, 6.45) is 4.98. The van der Waals surface area contributed by atoms with E-state index >= 15 is 0 Å². The van der Waals surface area contributed by atoms with Crippen LogP contribution in [0.5, 0.6) is 0 Å². The molecule has 2 heterocycles. The second kappa shape index (κ2) is 6.60. The van der Waals surface area contributed by atoms with Crippen LogP contribution in [0.2, 0.25) is 0 Å². The highest BCUT2D eigenvalue weighted by Crippen LogP contribution is 2.27. The maximum Gasteiger partial charge on any atom is 0.227 e. The first-order chi connectivity index (χ1) is 10.2. The second-order valence-corrected chi connectivity index (χ2v) is 6.98. The van der Waals surface area contributed by atoms with Crippen molar-refractivity contribution in [1.82, 2.24) is 9.80 Å². The van der Waals surface area contributed by atoms with Gasteiger partial charge in [0.25, 0.3) is 0 Å². The molecule has 3 rings (SSSR count). The molecule has 1 aliphatic heterocycles. The average molecular weight is 306 g/mol. The van der Waals surface area contributed by atoms with Crippen LogP contribution in [0.15, 0.2) is 17.5 Å². The molecule has 1 aromatic heterocycles. The number of thiophene rings is 1. The third-order valence-corrected chi connectivity index (χ3v) is 5.43. The number of hydrogen-bond acceptors (Lipinski definition) is 3. The van der Waals surface area contributed by atoms with Crippen LogP contribution in [-0.4, -0.2) is 47.8 Å². The largest absolute Gasteiger partial charge is 0.339 e. The Balaban J connectivity index is 1.48. The number of carbonyl (C=O) groups excluding carboxylic acids is 2. The third-order valence-electron chi connectivity index (χ3n) is 4.55. The maximum absolute atomic E-state index is 12.4.